The Morgan fingerprint density at radius 1 is 1.03 bits per heavy atom. The molecule has 1 saturated carbocycles. The van der Waals surface area contributed by atoms with E-state index in [0.29, 0.717) is 17.7 Å². The molecule has 7 heteroatoms. The third-order valence-corrected chi connectivity index (χ3v) is 7.27. The third-order valence-electron chi connectivity index (χ3n) is 7.27. The molecule has 170 valence electrons. The summed E-state index contributed by atoms with van der Waals surface area (Å²) in [5, 5.41) is 0. The number of hydrogen-bond acceptors (Lipinski definition) is 6. The van der Waals surface area contributed by atoms with E-state index in [1.54, 1.807) is 6.20 Å². The number of morpholine rings is 1. The molecule has 1 amide bonds. The molecule has 0 radical (unpaired) electrons. The monoisotopic (exact) mass is 428 g/mol. The van der Waals surface area contributed by atoms with Crippen LogP contribution in [0.3, 0.4) is 0 Å². The van der Waals surface area contributed by atoms with E-state index in [4.69, 9.17) is 9.47 Å². The van der Waals surface area contributed by atoms with Crippen molar-refractivity contribution in [2.75, 3.05) is 64.0 Å². The Balaban J connectivity index is 1.10. The number of nitrogens with zero attached hydrogens (tertiary/aromatic N) is 4. The zero-order valence-corrected chi connectivity index (χ0v) is 18.6. The number of hydrogen-bond donors (Lipinski definition) is 0. The van der Waals surface area contributed by atoms with Gasteiger partial charge in [0.2, 0.25) is 0 Å². The van der Waals surface area contributed by atoms with Gasteiger partial charge in [-0.1, -0.05) is 0 Å². The average Bonchev–Trinajstić information content (AvgIpc) is 3.68. The molecule has 3 aliphatic heterocycles. The van der Waals surface area contributed by atoms with Gasteiger partial charge in [0, 0.05) is 51.6 Å². The van der Waals surface area contributed by atoms with Crippen LogP contribution in [0.15, 0.2) is 18.3 Å². The predicted octanol–water partition coefficient (Wildman–Crippen LogP) is 2.41. The van der Waals surface area contributed by atoms with Crippen LogP contribution in [-0.2, 0) is 9.47 Å². The number of anilines is 1. The van der Waals surface area contributed by atoms with Gasteiger partial charge in [0.15, 0.2) is 0 Å². The summed E-state index contributed by atoms with van der Waals surface area (Å²) in [4.78, 5) is 24.4. The number of carbonyl (C=O) groups excluding carboxylic acids is 1. The summed E-state index contributed by atoms with van der Waals surface area (Å²) in [7, 11) is 0. The van der Waals surface area contributed by atoms with Crippen molar-refractivity contribution in [3.63, 3.8) is 0 Å². The summed E-state index contributed by atoms with van der Waals surface area (Å²) in [6, 6.07) is 4.48. The molecule has 31 heavy (non-hydrogen) atoms. The van der Waals surface area contributed by atoms with Crippen LogP contribution in [0.4, 0.5) is 5.82 Å². The maximum atomic E-state index is 13.0. The Morgan fingerprint density at radius 2 is 1.84 bits per heavy atom. The first-order valence-corrected chi connectivity index (χ1v) is 12.2. The molecule has 1 aromatic heterocycles. The van der Waals surface area contributed by atoms with Gasteiger partial charge in [-0.3, -0.25) is 9.69 Å². The molecule has 0 spiro atoms. The van der Waals surface area contributed by atoms with Crippen molar-refractivity contribution in [1.29, 1.82) is 0 Å². The fraction of sp³-hybridized carbons (Fsp3) is 0.750. The quantitative estimate of drug-likeness (QED) is 0.694. The highest BCUT2D eigenvalue weighted by atomic mass is 16.5. The predicted molar refractivity (Wildman–Crippen MR) is 119 cm³/mol. The van der Waals surface area contributed by atoms with E-state index in [1.165, 1.54) is 32.2 Å². The number of piperidine rings is 2. The first kappa shape index (κ1) is 21.2. The SMILES string of the molecule is O=C(c1ccc(N2CCOCC2)nc1)N1CCC(N2CCCC(OCC3CC3)C2)CC1. The van der Waals surface area contributed by atoms with E-state index in [2.05, 4.69) is 14.8 Å². The number of aromatic nitrogens is 1. The van der Waals surface area contributed by atoms with Gasteiger partial charge in [0.05, 0.1) is 24.9 Å². The first-order chi connectivity index (χ1) is 15.3. The topological polar surface area (TPSA) is 58.1 Å². The van der Waals surface area contributed by atoms with Crippen LogP contribution in [0.5, 0.6) is 0 Å². The largest absolute Gasteiger partial charge is 0.378 e. The number of ether oxygens (including phenoxy) is 2. The summed E-state index contributed by atoms with van der Waals surface area (Å²) in [6.45, 7) is 8.06. The second-order valence-electron chi connectivity index (χ2n) is 9.56. The minimum absolute atomic E-state index is 0.115. The number of rotatable bonds is 6. The lowest BCUT2D eigenvalue weighted by molar-refractivity contribution is -0.0244. The van der Waals surface area contributed by atoms with Gasteiger partial charge < -0.3 is 19.3 Å². The fourth-order valence-electron chi connectivity index (χ4n) is 5.10. The highest BCUT2D eigenvalue weighted by molar-refractivity contribution is 5.94. The van der Waals surface area contributed by atoms with Crippen LogP contribution < -0.4 is 4.90 Å². The van der Waals surface area contributed by atoms with Crippen molar-refractivity contribution >= 4 is 11.7 Å². The molecule has 0 aromatic carbocycles. The van der Waals surface area contributed by atoms with Gasteiger partial charge in [-0.2, -0.15) is 0 Å². The van der Waals surface area contributed by atoms with Crippen molar-refractivity contribution in [3.05, 3.63) is 23.9 Å². The second-order valence-corrected chi connectivity index (χ2v) is 9.56. The molecular weight excluding hydrogens is 392 g/mol. The standard InChI is InChI=1S/C24H36N4O3/c29-24(20-5-6-23(25-16-20)26-12-14-30-15-13-26)27-10-7-21(8-11-27)28-9-1-2-22(17-28)31-18-19-3-4-19/h5-6,16,19,21-22H,1-4,7-15,17-18H2. The zero-order valence-electron chi connectivity index (χ0n) is 18.6. The van der Waals surface area contributed by atoms with E-state index in [-0.39, 0.29) is 5.91 Å². The number of amides is 1. The normalized spacial score (nSPS) is 26.3. The zero-order chi connectivity index (χ0) is 21.0. The van der Waals surface area contributed by atoms with Crippen LogP contribution in [0.25, 0.3) is 0 Å². The Kier molecular flexibility index (Phi) is 6.72. The lowest BCUT2D eigenvalue weighted by atomic mass is 9.98. The summed E-state index contributed by atoms with van der Waals surface area (Å²) < 4.78 is 11.6. The number of pyridine rings is 1. The van der Waals surface area contributed by atoms with Crippen LogP contribution in [0, 0.1) is 5.92 Å². The average molecular weight is 429 g/mol. The van der Waals surface area contributed by atoms with Crippen LogP contribution >= 0.6 is 0 Å². The fourth-order valence-corrected chi connectivity index (χ4v) is 5.10. The van der Waals surface area contributed by atoms with Gasteiger partial charge >= 0.3 is 0 Å². The van der Waals surface area contributed by atoms with Gasteiger partial charge in [-0.25, -0.2) is 4.98 Å². The summed E-state index contributed by atoms with van der Waals surface area (Å²) >= 11 is 0. The lowest BCUT2D eigenvalue weighted by Crippen LogP contribution is -2.51. The summed E-state index contributed by atoms with van der Waals surface area (Å²) in [6.07, 6.45) is 9.41. The van der Waals surface area contributed by atoms with Crippen molar-refractivity contribution in [2.45, 2.75) is 50.7 Å². The summed E-state index contributed by atoms with van der Waals surface area (Å²) in [5.74, 6) is 1.88. The number of carbonyl (C=O) groups is 1. The van der Waals surface area contributed by atoms with E-state index in [1.807, 2.05) is 17.0 Å². The highest BCUT2D eigenvalue weighted by Crippen LogP contribution is 2.30. The molecule has 4 heterocycles. The Labute approximate surface area is 185 Å². The third kappa shape index (κ3) is 5.38. The maximum absolute atomic E-state index is 13.0. The van der Waals surface area contributed by atoms with Crippen LogP contribution in [0.2, 0.25) is 0 Å². The minimum atomic E-state index is 0.115. The molecule has 0 bridgehead atoms. The maximum Gasteiger partial charge on any atom is 0.255 e. The number of likely N-dealkylation sites (tertiary alicyclic amines) is 2. The first-order valence-electron chi connectivity index (χ1n) is 12.2. The van der Waals surface area contributed by atoms with E-state index in [0.717, 1.165) is 77.1 Å². The molecule has 1 aromatic rings. The van der Waals surface area contributed by atoms with Crippen molar-refractivity contribution in [1.82, 2.24) is 14.8 Å². The molecule has 4 fully saturated rings. The smallest absolute Gasteiger partial charge is 0.255 e. The lowest BCUT2D eigenvalue weighted by Gasteiger charge is -2.42. The van der Waals surface area contributed by atoms with Gasteiger partial charge in [0.1, 0.15) is 5.82 Å². The second kappa shape index (κ2) is 9.84. The van der Waals surface area contributed by atoms with Crippen molar-refractivity contribution in [3.8, 4) is 0 Å². The van der Waals surface area contributed by atoms with Gasteiger partial charge in [-0.15, -0.1) is 0 Å². The molecule has 1 aliphatic carbocycles. The van der Waals surface area contributed by atoms with Crippen LogP contribution in [-0.4, -0.2) is 91.9 Å². The molecule has 5 rings (SSSR count). The van der Waals surface area contributed by atoms with E-state index >= 15 is 0 Å². The Bertz CT molecular complexity index is 725. The van der Waals surface area contributed by atoms with E-state index in [9.17, 15) is 4.79 Å². The molecule has 7 nitrogen and oxygen atoms in total. The van der Waals surface area contributed by atoms with Gasteiger partial charge in [-0.05, 0) is 63.1 Å². The summed E-state index contributed by atoms with van der Waals surface area (Å²) in [5.41, 5.74) is 0.696. The van der Waals surface area contributed by atoms with Crippen molar-refractivity contribution < 1.29 is 14.3 Å². The molecule has 1 unspecified atom stereocenters. The minimum Gasteiger partial charge on any atom is -0.378 e. The Hall–Kier alpha value is -1.70. The molecule has 3 saturated heterocycles. The Morgan fingerprint density at radius 3 is 2.55 bits per heavy atom. The molecular formula is C24H36N4O3. The van der Waals surface area contributed by atoms with E-state index < -0.39 is 0 Å². The molecule has 4 aliphatic rings. The van der Waals surface area contributed by atoms with Crippen molar-refractivity contribution in [2.24, 2.45) is 5.92 Å². The molecule has 0 N–H and O–H groups in total. The molecule has 1 atom stereocenters. The van der Waals surface area contributed by atoms with Gasteiger partial charge in [0.25, 0.3) is 5.91 Å². The highest BCUT2D eigenvalue weighted by Gasteiger charge is 2.32. The van der Waals surface area contributed by atoms with Crippen LogP contribution in [0.1, 0.15) is 48.9 Å².